The molecular weight excluding hydrogens is 190 g/mol. The van der Waals surface area contributed by atoms with E-state index in [1.54, 1.807) is 0 Å². The summed E-state index contributed by atoms with van der Waals surface area (Å²) in [5.74, 6) is 0.504. The molecule has 0 aromatic rings. The van der Waals surface area contributed by atoms with Gasteiger partial charge in [-0.1, -0.05) is 0 Å². The molecule has 0 amide bonds. The van der Waals surface area contributed by atoms with E-state index in [-0.39, 0.29) is 12.4 Å². The standard InChI is InChI=1S/C9H15NO2.ClH/c11-9(12)5-8-6-10-3-1-7(8)2-4-10;/h7-8H,1-6H2,(H,11,12);1H/t8-;/m1./s1. The average molecular weight is 206 g/mol. The predicted octanol–water partition coefficient (Wildman–Crippen LogP) is 1.22. The second kappa shape index (κ2) is 4.29. The molecule has 1 N–H and O–H groups in total. The summed E-state index contributed by atoms with van der Waals surface area (Å²) < 4.78 is 0. The zero-order chi connectivity index (χ0) is 8.55. The lowest BCUT2D eigenvalue weighted by atomic mass is 9.77. The van der Waals surface area contributed by atoms with Crippen LogP contribution in [-0.4, -0.2) is 35.6 Å². The maximum Gasteiger partial charge on any atom is 0.303 e. The highest BCUT2D eigenvalue weighted by molar-refractivity contribution is 5.85. The van der Waals surface area contributed by atoms with Gasteiger partial charge in [-0.3, -0.25) is 4.79 Å². The van der Waals surface area contributed by atoms with Crippen LogP contribution < -0.4 is 0 Å². The van der Waals surface area contributed by atoms with Crippen molar-refractivity contribution in [2.75, 3.05) is 19.6 Å². The molecule has 1 atom stereocenters. The Hall–Kier alpha value is -0.280. The second-order valence-corrected chi connectivity index (χ2v) is 4.00. The van der Waals surface area contributed by atoms with Gasteiger partial charge in [0.1, 0.15) is 0 Å². The highest BCUT2D eigenvalue weighted by Crippen LogP contribution is 2.33. The quantitative estimate of drug-likeness (QED) is 0.737. The van der Waals surface area contributed by atoms with Gasteiger partial charge >= 0.3 is 5.97 Å². The van der Waals surface area contributed by atoms with Gasteiger partial charge in [-0.25, -0.2) is 0 Å². The first kappa shape index (κ1) is 10.8. The van der Waals surface area contributed by atoms with E-state index in [2.05, 4.69) is 4.90 Å². The van der Waals surface area contributed by atoms with E-state index in [1.165, 1.54) is 25.9 Å². The van der Waals surface area contributed by atoms with Gasteiger partial charge in [0, 0.05) is 13.0 Å². The monoisotopic (exact) mass is 205 g/mol. The molecule has 0 unspecified atom stereocenters. The van der Waals surface area contributed by atoms with Crippen LogP contribution in [0.25, 0.3) is 0 Å². The van der Waals surface area contributed by atoms with Gasteiger partial charge < -0.3 is 10.0 Å². The molecule has 3 rings (SSSR count). The summed E-state index contributed by atoms with van der Waals surface area (Å²) in [5, 5.41) is 8.68. The number of carboxylic acids is 1. The zero-order valence-corrected chi connectivity index (χ0v) is 8.42. The molecule has 3 aliphatic heterocycles. The fourth-order valence-corrected chi connectivity index (χ4v) is 2.54. The van der Waals surface area contributed by atoms with Crippen LogP contribution in [0.2, 0.25) is 0 Å². The molecule has 3 saturated heterocycles. The van der Waals surface area contributed by atoms with Crippen LogP contribution in [0, 0.1) is 11.8 Å². The summed E-state index contributed by atoms with van der Waals surface area (Å²) >= 11 is 0. The molecular formula is C9H16ClNO2. The minimum atomic E-state index is -0.631. The van der Waals surface area contributed by atoms with Crippen LogP contribution in [0.1, 0.15) is 19.3 Å². The number of hydrogen-bond acceptors (Lipinski definition) is 2. The van der Waals surface area contributed by atoms with Crippen LogP contribution in [0.5, 0.6) is 0 Å². The number of halogens is 1. The van der Waals surface area contributed by atoms with E-state index < -0.39 is 5.97 Å². The first-order valence-electron chi connectivity index (χ1n) is 4.70. The summed E-state index contributed by atoms with van der Waals surface area (Å²) in [6.45, 7) is 3.42. The molecule has 3 aliphatic rings. The lowest BCUT2D eigenvalue weighted by Crippen LogP contribution is -2.47. The summed E-state index contributed by atoms with van der Waals surface area (Å²) in [6, 6.07) is 0. The average Bonchev–Trinajstić information content (AvgIpc) is 2.05. The number of carbonyl (C=O) groups is 1. The number of fused-ring (bicyclic) bond motifs is 3. The maximum atomic E-state index is 10.5. The van der Waals surface area contributed by atoms with E-state index in [0.29, 0.717) is 18.3 Å². The third-order valence-corrected chi connectivity index (χ3v) is 3.23. The van der Waals surface area contributed by atoms with Gasteiger partial charge in [0.25, 0.3) is 0 Å². The van der Waals surface area contributed by atoms with Gasteiger partial charge in [0.05, 0.1) is 0 Å². The number of hydrogen-bond donors (Lipinski definition) is 1. The molecule has 0 spiro atoms. The fraction of sp³-hybridized carbons (Fsp3) is 0.889. The molecule has 3 heterocycles. The maximum absolute atomic E-state index is 10.5. The normalized spacial score (nSPS) is 36.8. The van der Waals surface area contributed by atoms with E-state index in [9.17, 15) is 4.79 Å². The molecule has 0 aliphatic carbocycles. The second-order valence-electron chi connectivity index (χ2n) is 4.00. The summed E-state index contributed by atoms with van der Waals surface area (Å²) in [4.78, 5) is 12.9. The minimum Gasteiger partial charge on any atom is -0.481 e. The summed E-state index contributed by atoms with van der Waals surface area (Å²) in [7, 11) is 0. The Morgan fingerprint density at radius 3 is 2.38 bits per heavy atom. The fourth-order valence-electron chi connectivity index (χ4n) is 2.54. The van der Waals surface area contributed by atoms with Crippen molar-refractivity contribution in [2.24, 2.45) is 11.8 Å². The van der Waals surface area contributed by atoms with Gasteiger partial charge in [0.2, 0.25) is 0 Å². The van der Waals surface area contributed by atoms with Crippen LogP contribution in [0.4, 0.5) is 0 Å². The number of rotatable bonds is 2. The van der Waals surface area contributed by atoms with Gasteiger partial charge in [-0.2, -0.15) is 0 Å². The lowest BCUT2D eigenvalue weighted by molar-refractivity contribution is -0.139. The van der Waals surface area contributed by atoms with E-state index in [0.717, 1.165) is 6.54 Å². The Kier molecular flexibility index (Phi) is 3.56. The van der Waals surface area contributed by atoms with E-state index in [1.807, 2.05) is 0 Å². The molecule has 0 saturated carbocycles. The van der Waals surface area contributed by atoms with Crippen molar-refractivity contribution in [3.05, 3.63) is 0 Å². The summed E-state index contributed by atoms with van der Waals surface area (Å²) in [5.41, 5.74) is 0. The van der Waals surface area contributed by atoms with Crippen LogP contribution >= 0.6 is 12.4 Å². The van der Waals surface area contributed by atoms with Crippen molar-refractivity contribution in [1.82, 2.24) is 4.90 Å². The Morgan fingerprint density at radius 1 is 1.38 bits per heavy atom. The Labute approximate surface area is 84.5 Å². The number of aliphatic carboxylic acids is 1. The Morgan fingerprint density at radius 2 is 2.00 bits per heavy atom. The molecule has 3 fully saturated rings. The number of carboxylic acid groups (broad SMARTS) is 1. The molecule has 0 radical (unpaired) electrons. The molecule has 0 aromatic carbocycles. The first-order valence-corrected chi connectivity index (χ1v) is 4.70. The highest BCUT2D eigenvalue weighted by atomic mass is 35.5. The largest absolute Gasteiger partial charge is 0.481 e. The third-order valence-electron chi connectivity index (χ3n) is 3.23. The van der Waals surface area contributed by atoms with Gasteiger partial charge in [0.15, 0.2) is 0 Å². The topological polar surface area (TPSA) is 40.5 Å². The predicted molar refractivity (Wildman–Crippen MR) is 52.2 cm³/mol. The van der Waals surface area contributed by atoms with Crippen molar-refractivity contribution in [1.29, 1.82) is 0 Å². The van der Waals surface area contributed by atoms with Crippen molar-refractivity contribution < 1.29 is 9.90 Å². The minimum absolute atomic E-state index is 0. The van der Waals surface area contributed by atoms with Crippen molar-refractivity contribution in [3.8, 4) is 0 Å². The van der Waals surface area contributed by atoms with Crippen LogP contribution in [0.15, 0.2) is 0 Å². The Balaban J connectivity index is 0.000000845. The third kappa shape index (κ3) is 2.35. The lowest BCUT2D eigenvalue weighted by Gasteiger charge is -2.44. The Bertz CT molecular complexity index is 190. The van der Waals surface area contributed by atoms with Crippen molar-refractivity contribution >= 4 is 18.4 Å². The molecule has 2 bridgehead atoms. The highest BCUT2D eigenvalue weighted by Gasteiger charge is 2.34. The molecule has 3 nitrogen and oxygen atoms in total. The van der Waals surface area contributed by atoms with Gasteiger partial charge in [-0.15, -0.1) is 12.4 Å². The molecule has 76 valence electrons. The molecule has 13 heavy (non-hydrogen) atoms. The molecule has 4 heteroatoms. The van der Waals surface area contributed by atoms with Gasteiger partial charge in [-0.05, 0) is 37.8 Å². The summed E-state index contributed by atoms with van der Waals surface area (Å²) in [6.07, 6.45) is 2.82. The molecule has 0 aromatic heterocycles. The van der Waals surface area contributed by atoms with E-state index in [4.69, 9.17) is 5.11 Å². The van der Waals surface area contributed by atoms with Crippen LogP contribution in [0.3, 0.4) is 0 Å². The smallest absolute Gasteiger partial charge is 0.303 e. The van der Waals surface area contributed by atoms with Crippen LogP contribution in [-0.2, 0) is 4.79 Å². The SMILES string of the molecule is Cl.O=C(O)C[C@@H]1CN2CCC1CC2. The number of piperidine rings is 3. The van der Waals surface area contributed by atoms with Crippen molar-refractivity contribution in [2.45, 2.75) is 19.3 Å². The first-order chi connectivity index (χ1) is 5.75. The zero-order valence-electron chi connectivity index (χ0n) is 7.61. The van der Waals surface area contributed by atoms with Crippen molar-refractivity contribution in [3.63, 3.8) is 0 Å². The number of nitrogens with zero attached hydrogens (tertiary/aromatic N) is 1. The van der Waals surface area contributed by atoms with E-state index >= 15 is 0 Å².